The lowest BCUT2D eigenvalue weighted by Gasteiger charge is -2.37. The van der Waals surface area contributed by atoms with Crippen LogP contribution in [0.1, 0.15) is 68.4 Å². The molecular formula is C28H28ClNO3. The summed E-state index contributed by atoms with van der Waals surface area (Å²) in [7, 11) is 0. The van der Waals surface area contributed by atoms with Crippen LogP contribution >= 0.6 is 11.6 Å². The van der Waals surface area contributed by atoms with Gasteiger partial charge in [0.25, 0.3) is 0 Å². The number of esters is 1. The van der Waals surface area contributed by atoms with Crippen LogP contribution in [0.15, 0.2) is 77.1 Å². The standard InChI is InChI=1S/C28H28ClNO3/c1-17-25(28(32)33-20-11-5-6-12-20)26(21-13-7-8-14-22(21)29)27-23(30-17)15-19(16-24(27)31)18-9-3-2-4-10-18/h2-4,7-10,13-14,19-20,26,30H,5-6,11-12,15-16H2,1H3/t19-,26+/m1/s1. The van der Waals surface area contributed by atoms with E-state index in [-0.39, 0.29) is 23.8 Å². The van der Waals surface area contributed by atoms with Crippen molar-refractivity contribution < 1.29 is 14.3 Å². The normalized spacial score (nSPS) is 23.4. The number of ketones is 1. The number of nitrogens with one attached hydrogen (secondary N) is 1. The van der Waals surface area contributed by atoms with Crippen LogP contribution in [-0.4, -0.2) is 17.9 Å². The maximum atomic E-state index is 13.6. The summed E-state index contributed by atoms with van der Waals surface area (Å²) in [5.41, 5.74) is 4.71. The van der Waals surface area contributed by atoms with Crippen molar-refractivity contribution in [3.63, 3.8) is 0 Å². The van der Waals surface area contributed by atoms with Gasteiger partial charge in [0.2, 0.25) is 0 Å². The Bertz CT molecular complexity index is 1140. The minimum absolute atomic E-state index is 0.0513. The second-order valence-corrected chi connectivity index (χ2v) is 9.67. The van der Waals surface area contributed by atoms with Crippen LogP contribution < -0.4 is 5.32 Å². The largest absolute Gasteiger partial charge is 0.459 e. The molecule has 0 saturated heterocycles. The van der Waals surface area contributed by atoms with Gasteiger partial charge < -0.3 is 10.1 Å². The van der Waals surface area contributed by atoms with Crippen LogP contribution in [0.3, 0.4) is 0 Å². The van der Waals surface area contributed by atoms with Gasteiger partial charge in [-0.1, -0.05) is 60.1 Å². The second-order valence-electron chi connectivity index (χ2n) is 9.26. The Balaban J connectivity index is 1.56. The molecular weight excluding hydrogens is 434 g/mol. The summed E-state index contributed by atoms with van der Waals surface area (Å²) in [4.78, 5) is 27.0. The molecule has 5 rings (SSSR count). The Hall–Kier alpha value is -2.85. The summed E-state index contributed by atoms with van der Waals surface area (Å²) in [5, 5.41) is 3.97. The predicted molar refractivity (Wildman–Crippen MR) is 129 cm³/mol. The summed E-state index contributed by atoms with van der Waals surface area (Å²) in [6.45, 7) is 1.90. The number of halogens is 1. The van der Waals surface area contributed by atoms with Gasteiger partial charge in [-0.2, -0.15) is 0 Å². The number of dihydropyridines is 1. The van der Waals surface area contributed by atoms with E-state index in [1.165, 1.54) is 0 Å². The van der Waals surface area contributed by atoms with E-state index in [4.69, 9.17) is 16.3 Å². The first-order valence-electron chi connectivity index (χ1n) is 11.8. The molecule has 1 saturated carbocycles. The van der Waals surface area contributed by atoms with Crippen molar-refractivity contribution in [1.29, 1.82) is 0 Å². The zero-order chi connectivity index (χ0) is 22.9. The molecule has 0 spiro atoms. The van der Waals surface area contributed by atoms with Gasteiger partial charge in [0.1, 0.15) is 6.10 Å². The molecule has 1 aliphatic heterocycles. The number of ether oxygens (including phenoxy) is 1. The third-order valence-corrected chi connectivity index (χ3v) is 7.45. The van der Waals surface area contributed by atoms with E-state index >= 15 is 0 Å². The van der Waals surface area contributed by atoms with Crippen molar-refractivity contribution in [2.24, 2.45) is 0 Å². The molecule has 170 valence electrons. The molecule has 0 aromatic heterocycles. The van der Waals surface area contributed by atoms with Gasteiger partial charge in [-0.3, -0.25) is 4.79 Å². The third-order valence-electron chi connectivity index (χ3n) is 7.11. The van der Waals surface area contributed by atoms with E-state index in [2.05, 4.69) is 17.4 Å². The highest BCUT2D eigenvalue weighted by Gasteiger charge is 2.42. The minimum atomic E-state index is -0.520. The highest BCUT2D eigenvalue weighted by molar-refractivity contribution is 6.31. The van der Waals surface area contributed by atoms with Crippen LogP contribution in [-0.2, 0) is 14.3 Å². The highest BCUT2D eigenvalue weighted by atomic mass is 35.5. The third kappa shape index (κ3) is 4.24. The topological polar surface area (TPSA) is 55.4 Å². The zero-order valence-corrected chi connectivity index (χ0v) is 19.5. The Labute approximate surface area is 199 Å². The Morgan fingerprint density at radius 2 is 1.70 bits per heavy atom. The molecule has 0 bridgehead atoms. The second kappa shape index (κ2) is 9.18. The van der Waals surface area contributed by atoms with Gasteiger partial charge in [0, 0.05) is 34.3 Å². The van der Waals surface area contributed by atoms with E-state index in [0.717, 1.165) is 48.2 Å². The SMILES string of the molecule is CC1=C(C(=O)OC2CCCC2)[C@H](c2ccccc2Cl)C2=C(C[C@@H](c3ccccc3)CC2=O)N1. The highest BCUT2D eigenvalue weighted by Crippen LogP contribution is 2.47. The van der Waals surface area contributed by atoms with Gasteiger partial charge in [-0.05, 0) is 62.1 Å². The number of hydrogen-bond donors (Lipinski definition) is 1. The lowest BCUT2D eigenvalue weighted by molar-refractivity contribution is -0.144. The molecule has 1 heterocycles. The lowest BCUT2D eigenvalue weighted by atomic mass is 9.71. The molecule has 5 heteroatoms. The number of benzene rings is 2. The summed E-state index contributed by atoms with van der Waals surface area (Å²) in [5.74, 6) is -0.702. The number of allylic oxidation sites excluding steroid dienone is 3. The fourth-order valence-corrected chi connectivity index (χ4v) is 5.76. The van der Waals surface area contributed by atoms with Gasteiger partial charge in [0.05, 0.1) is 5.57 Å². The average molecular weight is 462 g/mol. The quantitative estimate of drug-likeness (QED) is 0.552. The van der Waals surface area contributed by atoms with E-state index in [1.54, 1.807) is 0 Å². The molecule has 33 heavy (non-hydrogen) atoms. The lowest BCUT2D eigenvalue weighted by Crippen LogP contribution is -2.36. The number of carbonyl (C=O) groups excluding carboxylic acids is 2. The van der Waals surface area contributed by atoms with Crippen LogP contribution in [0.25, 0.3) is 0 Å². The van der Waals surface area contributed by atoms with Gasteiger partial charge in [-0.25, -0.2) is 4.79 Å². The van der Waals surface area contributed by atoms with Crippen LogP contribution in [0.2, 0.25) is 5.02 Å². The first-order chi connectivity index (χ1) is 16.0. The number of carbonyl (C=O) groups is 2. The van der Waals surface area contributed by atoms with Crippen molar-refractivity contribution in [2.75, 3.05) is 0 Å². The fourth-order valence-electron chi connectivity index (χ4n) is 5.51. The minimum Gasteiger partial charge on any atom is -0.459 e. The molecule has 0 amide bonds. The van der Waals surface area contributed by atoms with Crippen LogP contribution in [0, 0.1) is 0 Å². The molecule has 2 aromatic carbocycles. The summed E-state index contributed by atoms with van der Waals surface area (Å²) >= 11 is 6.62. The zero-order valence-electron chi connectivity index (χ0n) is 18.8. The smallest absolute Gasteiger partial charge is 0.337 e. The summed E-state index contributed by atoms with van der Waals surface area (Å²) in [6, 6.07) is 17.6. The molecule has 3 aliphatic rings. The molecule has 2 aromatic rings. The molecule has 2 atom stereocenters. The fraction of sp³-hybridized carbons (Fsp3) is 0.357. The molecule has 1 fully saturated rings. The first-order valence-corrected chi connectivity index (χ1v) is 12.1. The number of hydrogen-bond acceptors (Lipinski definition) is 4. The Kier molecular flexibility index (Phi) is 6.11. The number of Topliss-reactive ketones (excluding diaryl/α,β-unsaturated/α-hetero) is 1. The van der Waals surface area contributed by atoms with Crippen LogP contribution in [0.5, 0.6) is 0 Å². The first kappa shape index (κ1) is 22.0. The number of rotatable bonds is 4. The van der Waals surface area contributed by atoms with Crippen molar-refractivity contribution >= 4 is 23.4 Å². The molecule has 1 N–H and O–H groups in total. The van der Waals surface area contributed by atoms with E-state index in [0.29, 0.717) is 29.0 Å². The van der Waals surface area contributed by atoms with E-state index in [1.807, 2.05) is 49.4 Å². The maximum absolute atomic E-state index is 13.6. The monoisotopic (exact) mass is 461 g/mol. The van der Waals surface area contributed by atoms with Crippen molar-refractivity contribution in [3.8, 4) is 0 Å². The van der Waals surface area contributed by atoms with Crippen LogP contribution in [0.4, 0.5) is 0 Å². The molecule has 2 aliphatic carbocycles. The Morgan fingerprint density at radius 3 is 2.42 bits per heavy atom. The van der Waals surface area contributed by atoms with E-state index in [9.17, 15) is 9.59 Å². The van der Waals surface area contributed by atoms with Crippen molar-refractivity contribution in [1.82, 2.24) is 5.32 Å². The molecule has 0 unspecified atom stereocenters. The van der Waals surface area contributed by atoms with Gasteiger partial charge in [0.15, 0.2) is 5.78 Å². The van der Waals surface area contributed by atoms with Crippen molar-refractivity contribution in [2.45, 2.75) is 63.4 Å². The van der Waals surface area contributed by atoms with Crippen molar-refractivity contribution in [3.05, 3.63) is 93.3 Å². The van der Waals surface area contributed by atoms with Gasteiger partial charge >= 0.3 is 5.97 Å². The van der Waals surface area contributed by atoms with E-state index < -0.39 is 5.92 Å². The summed E-state index contributed by atoms with van der Waals surface area (Å²) < 4.78 is 5.90. The molecule has 0 radical (unpaired) electrons. The average Bonchev–Trinajstić information content (AvgIpc) is 3.32. The summed E-state index contributed by atoms with van der Waals surface area (Å²) in [6.07, 6.45) is 5.03. The molecule has 4 nitrogen and oxygen atoms in total. The Morgan fingerprint density at radius 1 is 1.00 bits per heavy atom. The maximum Gasteiger partial charge on any atom is 0.337 e. The van der Waals surface area contributed by atoms with Gasteiger partial charge in [-0.15, -0.1) is 0 Å². The predicted octanol–water partition coefficient (Wildman–Crippen LogP) is 6.19.